The van der Waals surface area contributed by atoms with Gasteiger partial charge in [0, 0.05) is 0 Å². The number of hydrogen-bond acceptors (Lipinski definition) is 0. The largest absolute Gasteiger partial charge is 0.0590 e. The van der Waals surface area contributed by atoms with Gasteiger partial charge in [0.25, 0.3) is 0 Å². The molecule has 0 spiro atoms. The van der Waals surface area contributed by atoms with E-state index in [0.717, 1.165) is 5.92 Å². The molecule has 0 nitrogen and oxygen atoms in total. The molecule has 0 bridgehead atoms. The molecule has 1 aromatic carbocycles. The summed E-state index contributed by atoms with van der Waals surface area (Å²) in [5.41, 5.74) is 4.47. The quantitative estimate of drug-likeness (QED) is 0.665. The number of benzene rings is 1. The topological polar surface area (TPSA) is 0 Å². The van der Waals surface area contributed by atoms with E-state index >= 15 is 0 Å². The third-order valence-corrected chi connectivity index (χ3v) is 3.74. The van der Waals surface area contributed by atoms with Crippen LogP contribution >= 0.6 is 0 Å². The van der Waals surface area contributed by atoms with Gasteiger partial charge in [-0.3, -0.25) is 0 Å². The maximum Gasteiger partial charge on any atom is -0.0248 e. The monoisotopic (exact) mass is 202 g/mol. The van der Waals surface area contributed by atoms with Crippen molar-refractivity contribution >= 4 is 0 Å². The van der Waals surface area contributed by atoms with Crippen LogP contribution in [0.1, 0.15) is 48.8 Å². The Balaban J connectivity index is 2.05. The van der Waals surface area contributed by atoms with Crippen molar-refractivity contribution in [2.24, 2.45) is 5.92 Å². The van der Waals surface area contributed by atoms with Gasteiger partial charge in [-0.25, -0.2) is 0 Å². The van der Waals surface area contributed by atoms with E-state index in [-0.39, 0.29) is 0 Å². The van der Waals surface area contributed by atoms with E-state index < -0.39 is 0 Å². The fourth-order valence-corrected chi connectivity index (χ4v) is 2.72. The van der Waals surface area contributed by atoms with Gasteiger partial charge in [-0.1, -0.05) is 55.9 Å². The average molecular weight is 202 g/mol. The zero-order valence-electron chi connectivity index (χ0n) is 10.1. The third kappa shape index (κ3) is 2.84. The number of hydrogen-bond donors (Lipinski definition) is 0. The Morgan fingerprint density at radius 2 is 1.80 bits per heavy atom. The molecule has 1 aromatic rings. The van der Waals surface area contributed by atoms with Crippen molar-refractivity contribution in [3.8, 4) is 0 Å². The van der Waals surface area contributed by atoms with Crippen LogP contribution in [0.25, 0.3) is 0 Å². The van der Waals surface area contributed by atoms with Crippen LogP contribution in [0.4, 0.5) is 0 Å². The molecule has 2 rings (SSSR count). The molecule has 0 aliphatic heterocycles. The van der Waals surface area contributed by atoms with Gasteiger partial charge in [-0.05, 0) is 37.3 Å². The maximum atomic E-state index is 2.38. The molecule has 15 heavy (non-hydrogen) atoms. The minimum atomic E-state index is 0.958. The Bertz CT molecular complexity index is 319. The molecule has 0 heteroatoms. The highest BCUT2D eigenvalue weighted by atomic mass is 14.2. The lowest BCUT2D eigenvalue weighted by Crippen LogP contribution is -2.10. The van der Waals surface area contributed by atoms with Gasteiger partial charge >= 0.3 is 0 Å². The van der Waals surface area contributed by atoms with E-state index in [1.54, 1.807) is 5.56 Å². The molecule has 0 radical (unpaired) electrons. The SMILES string of the molecule is Cc1ccc(C)c(CC2CCCCC2)c1. The summed E-state index contributed by atoms with van der Waals surface area (Å²) < 4.78 is 0. The predicted octanol–water partition coefficient (Wildman–Crippen LogP) is 4.43. The Kier molecular flexibility index (Phi) is 3.45. The zero-order chi connectivity index (χ0) is 10.7. The molecule has 0 N–H and O–H groups in total. The second-order valence-corrected chi connectivity index (χ2v) is 5.14. The van der Waals surface area contributed by atoms with Gasteiger partial charge in [0.15, 0.2) is 0 Å². The molecule has 0 saturated heterocycles. The Hall–Kier alpha value is -0.780. The first-order valence-electron chi connectivity index (χ1n) is 6.32. The van der Waals surface area contributed by atoms with Crippen molar-refractivity contribution in [2.75, 3.05) is 0 Å². The van der Waals surface area contributed by atoms with Crippen LogP contribution in [0.5, 0.6) is 0 Å². The molecule has 0 amide bonds. The van der Waals surface area contributed by atoms with Crippen molar-refractivity contribution in [1.29, 1.82) is 0 Å². The molecule has 82 valence electrons. The third-order valence-electron chi connectivity index (χ3n) is 3.74. The highest BCUT2D eigenvalue weighted by Gasteiger charge is 2.14. The van der Waals surface area contributed by atoms with Crippen molar-refractivity contribution in [3.63, 3.8) is 0 Å². The van der Waals surface area contributed by atoms with Gasteiger partial charge in [0.05, 0.1) is 0 Å². The minimum absolute atomic E-state index is 0.958. The molecule has 0 atom stereocenters. The normalized spacial score (nSPS) is 18.0. The highest BCUT2D eigenvalue weighted by molar-refractivity contribution is 5.30. The fourth-order valence-electron chi connectivity index (χ4n) is 2.72. The lowest BCUT2D eigenvalue weighted by atomic mass is 9.84. The molecule has 0 unspecified atom stereocenters. The van der Waals surface area contributed by atoms with Crippen LogP contribution in [0, 0.1) is 19.8 Å². The summed E-state index contributed by atoms with van der Waals surface area (Å²) in [4.78, 5) is 0. The Morgan fingerprint density at radius 3 is 2.53 bits per heavy atom. The van der Waals surface area contributed by atoms with Crippen molar-refractivity contribution in [1.82, 2.24) is 0 Å². The van der Waals surface area contributed by atoms with E-state index in [1.807, 2.05) is 0 Å². The lowest BCUT2D eigenvalue weighted by molar-refractivity contribution is 0.356. The lowest BCUT2D eigenvalue weighted by Gasteiger charge is -2.22. The summed E-state index contributed by atoms with van der Waals surface area (Å²) in [5, 5.41) is 0. The zero-order valence-corrected chi connectivity index (χ0v) is 10.1. The average Bonchev–Trinajstić information content (AvgIpc) is 2.25. The first kappa shape index (κ1) is 10.7. The molecule has 1 fully saturated rings. The molecule has 0 aromatic heterocycles. The van der Waals surface area contributed by atoms with Gasteiger partial charge in [0.1, 0.15) is 0 Å². The van der Waals surface area contributed by atoms with Crippen molar-refractivity contribution in [2.45, 2.75) is 52.4 Å². The van der Waals surface area contributed by atoms with Crippen LogP contribution in [0.15, 0.2) is 18.2 Å². The Labute approximate surface area is 93.7 Å². The van der Waals surface area contributed by atoms with Crippen LogP contribution in [-0.4, -0.2) is 0 Å². The van der Waals surface area contributed by atoms with Crippen LogP contribution in [0.3, 0.4) is 0 Å². The standard InChI is InChI=1S/C15H22/c1-12-8-9-13(2)15(10-12)11-14-6-4-3-5-7-14/h8-10,14H,3-7,11H2,1-2H3. The van der Waals surface area contributed by atoms with Gasteiger partial charge in [0.2, 0.25) is 0 Å². The number of aryl methyl sites for hydroxylation is 2. The fraction of sp³-hybridized carbons (Fsp3) is 0.600. The summed E-state index contributed by atoms with van der Waals surface area (Å²) in [6.07, 6.45) is 8.59. The second-order valence-electron chi connectivity index (χ2n) is 5.14. The highest BCUT2D eigenvalue weighted by Crippen LogP contribution is 2.28. The summed E-state index contributed by atoms with van der Waals surface area (Å²) >= 11 is 0. The van der Waals surface area contributed by atoms with E-state index in [4.69, 9.17) is 0 Å². The first-order chi connectivity index (χ1) is 7.25. The Morgan fingerprint density at radius 1 is 1.07 bits per heavy atom. The smallest absolute Gasteiger partial charge is 0.0248 e. The van der Waals surface area contributed by atoms with Crippen molar-refractivity contribution < 1.29 is 0 Å². The predicted molar refractivity (Wildman–Crippen MR) is 66.2 cm³/mol. The van der Waals surface area contributed by atoms with E-state index in [9.17, 15) is 0 Å². The summed E-state index contributed by atoms with van der Waals surface area (Å²) in [5.74, 6) is 0.958. The molecule has 1 aliphatic carbocycles. The molecule has 0 heterocycles. The van der Waals surface area contributed by atoms with Crippen molar-refractivity contribution in [3.05, 3.63) is 34.9 Å². The van der Waals surface area contributed by atoms with E-state index in [1.165, 1.54) is 49.7 Å². The van der Waals surface area contributed by atoms with Crippen LogP contribution < -0.4 is 0 Å². The van der Waals surface area contributed by atoms with Crippen LogP contribution in [0.2, 0.25) is 0 Å². The van der Waals surface area contributed by atoms with E-state index in [0.29, 0.717) is 0 Å². The van der Waals surface area contributed by atoms with Gasteiger partial charge < -0.3 is 0 Å². The summed E-state index contributed by atoms with van der Waals surface area (Å²) in [6.45, 7) is 4.45. The minimum Gasteiger partial charge on any atom is -0.0590 e. The van der Waals surface area contributed by atoms with E-state index in [2.05, 4.69) is 32.0 Å². The van der Waals surface area contributed by atoms with Gasteiger partial charge in [-0.15, -0.1) is 0 Å². The number of rotatable bonds is 2. The maximum absolute atomic E-state index is 2.38. The van der Waals surface area contributed by atoms with Gasteiger partial charge in [-0.2, -0.15) is 0 Å². The first-order valence-corrected chi connectivity index (χ1v) is 6.32. The molecule has 1 aliphatic rings. The second kappa shape index (κ2) is 4.83. The summed E-state index contributed by atoms with van der Waals surface area (Å²) in [7, 11) is 0. The molecular weight excluding hydrogens is 180 g/mol. The summed E-state index contributed by atoms with van der Waals surface area (Å²) in [6, 6.07) is 6.87. The molecular formula is C15H22. The van der Waals surface area contributed by atoms with Crippen LogP contribution in [-0.2, 0) is 6.42 Å². The molecule has 1 saturated carbocycles.